The van der Waals surface area contributed by atoms with Crippen molar-refractivity contribution in [1.82, 2.24) is 5.16 Å². The van der Waals surface area contributed by atoms with E-state index in [-0.39, 0.29) is 0 Å². The monoisotopic (exact) mass is 264 g/mol. The molecule has 0 saturated carbocycles. The van der Waals surface area contributed by atoms with Crippen molar-refractivity contribution in [3.63, 3.8) is 0 Å². The van der Waals surface area contributed by atoms with Crippen LogP contribution in [0.2, 0.25) is 0 Å². The van der Waals surface area contributed by atoms with Gasteiger partial charge < -0.3 is 24.5 Å². The van der Waals surface area contributed by atoms with Crippen LogP contribution in [0.5, 0.6) is 17.2 Å². The number of aryl methyl sites for hydroxylation is 1. The molecule has 1 aromatic heterocycles. The van der Waals surface area contributed by atoms with Crippen molar-refractivity contribution in [2.24, 2.45) is 0 Å². The molecule has 2 aromatic rings. The molecule has 0 fully saturated rings. The van der Waals surface area contributed by atoms with Crippen molar-refractivity contribution >= 4 is 5.69 Å². The van der Waals surface area contributed by atoms with E-state index in [9.17, 15) is 0 Å². The molecule has 2 N–H and O–H groups in total. The SMILES string of the molecule is COc1cc(OC)c(-c2onc(C)c2N)c(OC)c1. The van der Waals surface area contributed by atoms with Crippen LogP contribution in [0.3, 0.4) is 0 Å². The minimum absolute atomic E-state index is 0.425. The summed E-state index contributed by atoms with van der Waals surface area (Å²) in [5.74, 6) is 2.12. The maximum atomic E-state index is 5.95. The van der Waals surface area contributed by atoms with Gasteiger partial charge in [0.15, 0.2) is 5.76 Å². The second-order valence-corrected chi connectivity index (χ2v) is 3.92. The van der Waals surface area contributed by atoms with Crippen LogP contribution in [0, 0.1) is 6.92 Å². The second-order valence-electron chi connectivity index (χ2n) is 3.92. The van der Waals surface area contributed by atoms with E-state index in [1.54, 1.807) is 40.4 Å². The fraction of sp³-hybridized carbons (Fsp3) is 0.308. The Morgan fingerprint density at radius 2 is 1.63 bits per heavy atom. The summed E-state index contributed by atoms with van der Waals surface area (Å²) < 4.78 is 21.1. The van der Waals surface area contributed by atoms with E-state index in [2.05, 4.69) is 5.16 Å². The number of methoxy groups -OCH3 is 3. The Bertz CT molecular complexity index is 567. The van der Waals surface area contributed by atoms with Gasteiger partial charge in [0, 0.05) is 12.1 Å². The maximum absolute atomic E-state index is 5.95. The van der Waals surface area contributed by atoms with Crippen molar-refractivity contribution in [2.45, 2.75) is 6.92 Å². The molecule has 19 heavy (non-hydrogen) atoms. The molecule has 102 valence electrons. The third kappa shape index (κ3) is 2.16. The molecular formula is C13H16N2O4. The highest BCUT2D eigenvalue weighted by Gasteiger charge is 2.22. The fourth-order valence-corrected chi connectivity index (χ4v) is 1.79. The number of nitrogen functional groups attached to an aromatic ring is 1. The summed E-state index contributed by atoms with van der Waals surface area (Å²) >= 11 is 0. The minimum Gasteiger partial charge on any atom is -0.496 e. The molecule has 0 unspecified atom stereocenters. The Kier molecular flexibility index (Phi) is 3.50. The Morgan fingerprint density at radius 3 is 2.00 bits per heavy atom. The van der Waals surface area contributed by atoms with E-state index >= 15 is 0 Å². The molecule has 1 aromatic carbocycles. The summed E-state index contributed by atoms with van der Waals surface area (Å²) in [7, 11) is 4.68. The number of anilines is 1. The highest BCUT2D eigenvalue weighted by atomic mass is 16.5. The molecule has 0 aliphatic carbocycles. The lowest BCUT2D eigenvalue weighted by molar-refractivity contribution is 0.371. The van der Waals surface area contributed by atoms with Gasteiger partial charge >= 0.3 is 0 Å². The molecule has 6 heteroatoms. The quantitative estimate of drug-likeness (QED) is 0.912. The summed E-state index contributed by atoms with van der Waals surface area (Å²) in [6, 6.07) is 3.46. The van der Waals surface area contributed by atoms with Gasteiger partial charge in [-0.2, -0.15) is 0 Å². The predicted octanol–water partition coefficient (Wildman–Crippen LogP) is 2.26. The number of aromatic nitrogens is 1. The van der Waals surface area contributed by atoms with E-state index in [1.807, 2.05) is 0 Å². The zero-order chi connectivity index (χ0) is 14.0. The highest BCUT2D eigenvalue weighted by molar-refractivity contribution is 5.82. The van der Waals surface area contributed by atoms with E-state index in [4.69, 9.17) is 24.5 Å². The average molecular weight is 264 g/mol. The van der Waals surface area contributed by atoms with E-state index in [0.717, 1.165) is 0 Å². The summed E-state index contributed by atoms with van der Waals surface area (Å²) in [5, 5.41) is 3.84. The number of hydrogen-bond acceptors (Lipinski definition) is 6. The lowest BCUT2D eigenvalue weighted by atomic mass is 10.1. The summed E-state index contributed by atoms with van der Waals surface area (Å²) in [4.78, 5) is 0. The van der Waals surface area contributed by atoms with Crippen LogP contribution in [0.15, 0.2) is 16.7 Å². The molecule has 0 aliphatic rings. The second kappa shape index (κ2) is 5.09. The number of nitrogens with two attached hydrogens (primary N) is 1. The molecule has 0 spiro atoms. The van der Waals surface area contributed by atoms with Crippen LogP contribution in [0.25, 0.3) is 11.3 Å². The zero-order valence-electron chi connectivity index (χ0n) is 11.3. The molecular weight excluding hydrogens is 248 g/mol. The first-order valence-electron chi connectivity index (χ1n) is 5.64. The molecule has 0 radical (unpaired) electrons. The highest BCUT2D eigenvalue weighted by Crippen LogP contribution is 2.44. The van der Waals surface area contributed by atoms with Gasteiger partial charge in [0.1, 0.15) is 34.2 Å². The van der Waals surface area contributed by atoms with Crippen LogP contribution >= 0.6 is 0 Å². The first kappa shape index (κ1) is 13.1. The van der Waals surface area contributed by atoms with Gasteiger partial charge in [-0.15, -0.1) is 0 Å². The molecule has 0 atom stereocenters. The fourth-order valence-electron chi connectivity index (χ4n) is 1.79. The van der Waals surface area contributed by atoms with Gasteiger partial charge in [-0.1, -0.05) is 5.16 Å². The molecule has 0 saturated heterocycles. The third-order valence-corrected chi connectivity index (χ3v) is 2.85. The summed E-state index contributed by atoms with van der Waals surface area (Å²) in [6.45, 7) is 1.77. The first-order chi connectivity index (χ1) is 9.12. The van der Waals surface area contributed by atoms with Crippen molar-refractivity contribution in [3.8, 4) is 28.6 Å². The normalized spacial score (nSPS) is 10.3. The summed E-state index contributed by atoms with van der Waals surface area (Å²) in [6.07, 6.45) is 0. The predicted molar refractivity (Wildman–Crippen MR) is 70.7 cm³/mol. The molecule has 0 aliphatic heterocycles. The largest absolute Gasteiger partial charge is 0.496 e. The average Bonchev–Trinajstić information content (AvgIpc) is 2.77. The van der Waals surface area contributed by atoms with Crippen molar-refractivity contribution in [2.75, 3.05) is 27.1 Å². The number of hydrogen-bond donors (Lipinski definition) is 1. The van der Waals surface area contributed by atoms with Crippen LogP contribution in [0.1, 0.15) is 5.69 Å². The Labute approximate surface area is 111 Å². The lowest BCUT2D eigenvalue weighted by Gasteiger charge is -2.13. The van der Waals surface area contributed by atoms with Crippen molar-refractivity contribution < 1.29 is 18.7 Å². The topological polar surface area (TPSA) is 79.7 Å². The van der Waals surface area contributed by atoms with Crippen LogP contribution < -0.4 is 19.9 Å². The zero-order valence-corrected chi connectivity index (χ0v) is 11.3. The molecule has 0 bridgehead atoms. The standard InChI is InChI=1S/C13H16N2O4/c1-7-12(14)13(19-15-7)11-9(17-3)5-8(16-2)6-10(11)18-4/h5-6H,14H2,1-4H3. The van der Waals surface area contributed by atoms with Gasteiger partial charge in [0.2, 0.25) is 0 Å². The third-order valence-electron chi connectivity index (χ3n) is 2.85. The number of benzene rings is 1. The molecule has 1 heterocycles. The van der Waals surface area contributed by atoms with Crippen LogP contribution in [0.4, 0.5) is 5.69 Å². The molecule has 0 amide bonds. The Hall–Kier alpha value is -2.37. The summed E-state index contributed by atoms with van der Waals surface area (Å²) in [5.41, 5.74) is 7.65. The number of rotatable bonds is 4. The number of ether oxygens (including phenoxy) is 3. The van der Waals surface area contributed by atoms with Gasteiger partial charge in [0.05, 0.1) is 21.3 Å². The maximum Gasteiger partial charge on any atom is 0.197 e. The van der Waals surface area contributed by atoms with Crippen molar-refractivity contribution in [1.29, 1.82) is 0 Å². The number of nitrogens with zero attached hydrogens (tertiary/aromatic N) is 1. The van der Waals surface area contributed by atoms with Crippen molar-refractivity contribution in [3.05, 3.63) is 17.8 Å². The smallest absolute Gasteiger partial charge is 0.197 e. The van der Waals surface area contributed by atoms with Crippen LogP contribution in [-0.4, -0.2) is 26.5 Å². The Balaban J connectivity index is 2.70. The first-order valence-corrected chi connectivity index (χ1v) is 5.64. The van der Waals surface area contributed by atoms with E-state index < -0.39 is 0 Å². The van der Waals surface area contributed by atoms with E-state index in [0.29, 0.717) is 40.0 Å². The molecule has 2 rings (SSSR count). The Morgan fingerprint density at radius 1 is 1.05 bits per heavy atom. The van der Waals surface area contributed by atoms with Gasteiger partial charge in [0.25, 0.3) is 0 Å². The lowest BCUT2D eigenvalue weighted by Crippen LogP contribution is -1.96. The van der Waals surface area contributed by atoms with E-state index in [1.165, 1.54) is 0 Å². The minimum atomic E-state index is 0.425. The molecule has 6 nitrogen and oxygen atoms in total. The van der Waals surface area contributed by atoms with Crippen LogP contribution in [-0.2, 0) is 0 Å². The van der Waals surface area contributed by atoms with Gasteiger partial charge in [-0.05, 0) is 6.92 Å². The van der Waals surface area contributed by atoms with Gasteiger partial charge in [-0.25, -0.2) is 0 Å². The van der Waals surface area contributed by atoms with Gasteiger partial charge in [-0.3, -0.25) is 0 Å².